The fourth-order valence-corrected chi connectivity index (χ4v) is 4.95. The lowest BCUT2D eigenvalue weighted by molar-refractivity contribution is 0.491. The Balaban J connectivity index is 1.90. The minimum Gasteiger partial charge on any atom is -0.329 e. The van der Waals surface area contributed by atoms with Crippen molar-refractivity contribution in [2.24, 2.45) is 11.7 Å². The lowest BCUT2D eigenvalue weighted by Gasteiger charge is -2.29. The first kappa shape index (κ1) is 9.35. The highest BCUT2D eigenvalue weighted by atomic mass is 14.8. The average Bonchev–Trinajstić information content (AvgIpc) is 3.03. The molecule has 2 atom stereocenters. The van der Waals surface area contributed by atoms with Crippen molar-refractivity contribution in [2.45, 2.75) is 17.3 Å². The standard InChI is InChI=1S/C17H15N/c18-9-17-12-7-3-1-5-10(12)14-15(16(14)17)11-6-2-4-8-13(11)17/h1-8,14-16H,9,18H2. The number of rotatable bonds is 1. The Hall–Kier alpha value is -1.60. The van der Waals surface area contributed by atoms with Gasteiger partial charge in [0, 0.05) is 12.0 Å². The summed E-state index contributed by atoms with van der Waals surface area (Å²) in [5, 5.41) is 0. The van der Waals surface area contributed by atoms with E-state index in [9.17, 15) is 0 Å². The second kappa shape index (κ2) is 2.70. The molecule has 1 heteroatoms. The number of nitrogens with two attached hydrogens (primary N) is 1. The highest BCUT2D eigenvalue weighted by molar-refractivity contribution is 5.68. The Kier molecular flexibility index (Phi) is 1.40. The van der Waals surface area contributed by atoms with Gasteiger partial charge in [0.1, 0.15) is 0 Å². The Morgan fingerprint density at radius 3 is 1.83 bits per heavy atom. The van der Waals surface area contributed by atoms with Crippen molar-refractivity contribution < 1.29 is 0 Å². The molecule has 0 saturated heterocycles. The van der Waals surface area contributed by atoms with E-state index < -0.39 is 0 Å². The molecule has 3 aliphatic rings. The molecular weight excluding hydrogens is 218 g/mol. The zero-order valence-corrected chi connectivity index (χ0v) is 10.1. The molecule has 1 nitrogen and oxygen atoms in total. The molecule has 2 N–H and O–H groups in total. The van der Waals surface area contributed by atoms with Crippen LogP contribution in [0.25, 0.3) is 0 Å². The molecule has 1 saturated carbocycles. The van der Waals surface area contributed by atoms with Crippen LogP contribution in [-0.2, 0) is 5.41 Å². The van der Waals surface area contributed by atoms with Crippen molar-refractivity contribution in [1.82, 2.24) is 0 Å². The van der Waals surface area contributed by atoms with Crippen LogP contribution in [0.2, 0.25) is 0 Å². The maximum atomic E-state index is 6.25. The van der Waals surface area contributed by atoms with Crippen LogP contribution in [0.15, 0.2) is 48.5 Å². The molecule has 0 heterocycles. The number of hydrogen-bond acceptors (Lipinski definition) is 1. The number of fused-ring (bicyclic) bond motifs is 7. The molecular formula is C17H15N. The summed E-state index contributed by atoms with van der Waals surface area (Å²) in [6, 6.07) is 17.9. The molecule has 2 aromatic rings. The Bertz CT molecular complexity index is 619. The number of hydrogen-bond donors (Lipinski definition) is 1. The van der Waals surface area contributed by atoms with Gasteiger partial charge in [0.25, 0.3) is 0 Å². The summed E-state index contributed by atoms with van der Waals surface area (Å²) in [6.07, 6.45) is 0. The van der Waals surface area contributed by atoms with Gasteiger partial charge in [0.15, 0.2) is 0 Å². The van der Waals surface area contributed by atoms with Crippen LogP contribution in [0.5, 0.6) is 0 Å². The second-order valence-electron chi connectivity index (χ2n) is 5.93. The van der Waals surface area contributed by atoms with Gasteiger partial charge in [-0.1, -0.05) is 48.5 Å². The third-order valence-corrected chi connectivity index (χ3v) is 5.51. The van der Waals surface area contributed by atoms with Crippen LogP contribution < -0.4 is 5.73 Å². The van der Waals surface area contributed by atoms with E-state index >= 15 is 0 Å². The molecule has 1 fully saturated rings. The van der Waals surface area contributed by atoms with Gasteiger partial charge in [-0.2, -0.15) is 0 Å². The summed E-state index contributed by atoms with van der Waals surface area (Å²) < 4.78 is 0. The highest BCUT2D eigenvalue weighted by Crippen LogP contribution is 2.79. The summed E-state index contributed by atoms with van der Waals surface area (Å²) in [5.74, 6) is 2.25. The molecule has 2 unspecified atom stereocenters. The van der Waals surface area contributed by atoms with E-state index in [4.69, 9.17) is 5.73 Å². The maximum absolute atomic E-state index is 6.25. The van der Waals surface area contributed by atoms with Crippen molar-refractivity contribution in [2.75, 3.05) is 6.54 Å². The van der Waals surface area contributed by atoms with Gasteiger partial charge in [-0.15, -0.1) is 0 Å². The lowest BCUT2D eigenvalue weighted by Crippen LogP contribution is -2.35. The molecule has 0 aromatic heterocycles. The lowest BCUT2D eigenvalue weighted by atomic mass is 9.75. The first-order valence-corrected chi connectivity index (χ1v) is 6.78. The Morgan fingerprint density at radius 1 is 0.833 bits per heavy atom. The summed E-state index contributed by atoms with van der Waals surface area (Å²) in [4.78, 5) is 0. The molecule has 0 amide bonds. The topological polar surface area (TPSA) is 26.0 Å². The van der Waals surface area contributed by atoms with Gasteiger partial charge < -0.3 is 5.73 Å². The van der Waals surface area contributed by atoms with E-state index in [1.807, 2.05) is 0 Å². The fourth-order valence-electron chi connectivity index (χ4n) is 4.95. The van der Waals surface area contributed by atoms with E-state index in [1.165, 1.54) is 11.1 Å². The van der Waals surface area contributed by atoms with Gasteiger partial charge in [-0.25, -0.2) is 0 Å². The molecule has 0 spiro atoms. The Labute approximate surface area is 107 Å². The summed E-state index contributed by atoms with van der Waals surface area (Å²) in [7, 11) is 0. The van der Waals surface area contributed by atoms with Crippen LogP contribution in [0.3, 0.4) is 0 Å². The van der Waals surface area contributed by atoms with Gasteiger partial charge in [-0.05, 0) is 40.0 Å². The molecule has 2 aromatic carbocycles. The van der Waals surface area contributed by atoms with E-state index in [2.05, 4.69) is 48.5 Å². The zero-order chi connectivity index (χ0) is 11.9. The molecule has 0 radical (unpaired) electrons. The quantitative estimate of drug-likeness (QED) is 0.805. The van der Waals surface area contributed by atoms with Gasteiger partial charge in [-0.3, -0.25) is 0 Å². The Morgan fingerprint density at radius 2 is 1.33 bits per heavy atom. The SMILES string of the molecule is NCC12c3ccccc3C3C(c4ccccc41)C32. The van der Waals surface area contributed by atoms with Crippen LogP contribution in [0.1, 0.15) is 34.1 Å². The third-order valence-electron chi connectivity index (χ3n) is 5.51. The predicted molar refractivity (Wildman–Crippen MR) is 71.7 cm³/mol. The van der Waals surface area contributed by atoms with Crippen molar-refractivity contribution in [3.63, 3.8) is 0 Å². The normalized spacial score (nSPS) is 37.1. The van der Waals surface area contributed by atoms with E-state index in [0.717, 1.165) is 24.3 Å². The third kappa shape index (κ3) is 0.733. The van der Waals surface area contributed by atoms with Crippen molar-refractivity contribution >= 4 is 0 Å². The molecule has 88 valence electrons. The van der Waals surface area contributed by atoms with Crippen LogP contribution in [-0.4, -0.2) is 6.54 Å². The smallest absolute Gasteiger partial charge is 0.0370 e. The summed E-state index contributed by atoms with van der Waals surface area (Å²) >= 11 is 0. The van der Waals surface area contributed by atoms with Crippen LogP contribution in [0.4, 0.5) is 0 Å². The second-order valence-corrected chi connectivity index (χ2v) is 5.93. The van der Waals surface area contributed by atoms with E-state index in [-0.39, 0.29) is 5.41 Å². The maximum Gasteiger partial charge on any atom is 0.0370 e. The van der Waals surface area contributed by atoms with Crippen molar-refractivity contribution in [3.8, 4) is 0 Å². The molecule has 3 aliphatic carbocycles. The minimum atomic E-state index is 0.127. The van der Waals surface area contributed by atoms with Gasteiger partial charge in [0.05, 0.1) is 0 Å². The van der Waals surface area contributed by atoms with Gasteiger partial charge in [0.2, 0.25) is 0 Å². The predicted octanol–water partition coefficient (Wildman–Crippen LogP) is 2.76. The van der Waals surface area contributed by atoms with Crippen molar-refractivity contribution in [3.05, 3.63) is 70.8 Å². The largest absolute Gasteiger partial charge is 0.329 e. The van der Waals surface area contributed by atoms with E-state index in [0.29, 0.717) is 0 Å². The summed E-state index contributed by atoms with van der Waals surface area (Å²) in [6.45, 7) is 0.749. The molecule has 5 rings (SSSR count). The first-order chi connectivity index (χ1) is 8.89. The fraction of sp³-hybridized carbons (Fsp3) is 0.294. The molecule has 0 bridgehead atoms. The van der Waals surface area contributed by atoms with Crippen LogP contribution in [0, 0.1) is 5.92 Å². The van der Waals surface area contributed by atoms with E-state index in [1.54, 1.807) is 11.1 Å². The van der Waals surface area contributed by atoms with Crippen LogP contribution >= 0.6 is 0 Å². The number of benzene rings is 2. The van der Waals surface area contributed by atoms with Crippen molar-refractivity contribution in [1.29, 1.82) is 0 Å². The first-order valence-electron chi connectivity index (χ1n) is 6.78. The summed E-state index contributed by atoms with van der Waals surface area (Å²) in [5.41, 5.74) is 12.5. The zero-order valence-electron chi connectivity index (χ0n) is 10.1. The highest BCUT2D eigenvalue weighted by Gasteiger charge is 2.73. The minimum absolute atomic E-state index is 0.127. The average molecular weight is 233 g/mol. The monoisotopic (exact) mass is 233 g/mol. The molecule has 18 heavy (non-hydrogen) atoms. The van der Waals surface area contributed by atoms with Gasteiger partial charge >= 0.3 is 0 Å². The molecule has 0 aliphatic heterocycles.